The molecule has 0 aliphatic carbocycles. The maximum absolute atomic E-state index is 11.4. The summed E-state index contributed by atoms with van der Waals surface area (Å²) >= 11 is 0. The predicted molar refractivity (Wildman–Crippen MR) is 64.4 cm³/mol. The van der Waals surface area contributed by atoms with E-state index in [4.69, 9.17) is 4.74 Å². The molecule has 0 atom stereocenters. The van der Waals surface area contributed by atoms with E-state index < -0.39 is 0 Å². The first kappa shape index (κ1) is 13.3. The molecule has 1 rings (SSSR count). The summed E-state index contributed by atoms with van der Waals surface area (Å²) in [6.45, 7) is 8.56. The maximum atomic E-state index is 11.4. The number of nitrogens with one attached hydrogen (secondary N) is 2. The van der Waals surface area contributed by atoms with E-state index in [0.717, 1.165) is 19.5 Å². The zero-order valence-corrected chi connectivity index (χ0v) is 10.6. The second-order valence-electron chi connectivity index (χ2n) is 5.49. The van der Waals surface area contributed by atoms with Crippen molar-refractivity contribution in [1.29, 1.82) is 0 Å². The van der Waals surface area contributed by atoms with E-state index in [1.165, 1.54) is 12.8 Å². The molecule has 0 spiro atoms. The average molecular weight is 228 g/mol. The minimum absolute atomic E-state index is 0.216. The zero-order chi connectivity index (χ0) is 12.0. The van der Waals surface area contributed by atoms with Crippen LogP contribution < -0.4 is 10.6 Å². The average Bonchev–Trinajstić information content (AvgIpc) is 2.16. The van der Waals surface area contributed by atoms with Gasteiger partial charge in [-0.05, 0) is 59.0 Å². The largest absolute Gasteiger partial charge is 0.450 e. The van der Waals surface area contributed by atoms with Gasteiger partial charge in [-0.3, -0.25) is 0 Å². The Kier molecular flexibility index (Phi) is 5.06. The smallest absolute Gasteiger partial charge is 0.407 e. The van der Waals surface area contributed by atoms with Gasteiger partial charge < -0.3 is 15.4 Å². The van der Waals surface area contributed by atoms with E-state index in [1.54, 1.807) is 0 Å². The van der Waals surface area contributed by atoms with Gasteiger partial charge >= 0.3 is 6.09 Å². The fraction of sp³-hybridized carbons (Fsp3) is 0.917. The van der Waals surface area contributed by atoms with E-state index in [9.17, 15) is 4.79 Å². The summed E-state index contributed by atoms with van der Waals surface area (Å²) in [5.41, 5.74) is -0.216. The summed E-state index contributed by atoms with van der Waals surface area (Å²) in [5.74, 6) is 0.712. The Labute approximate surface area is 98.1 Å². The second-order valence-corrected chi connectivity index (χ2v) is 5.49. The van der Waals surface area contributed by atoms with E-state index in [1.807, 2.05) is 20.8 Å². The molecule has 1 heterocycles. The molecule has 4 nitrogen and oxygen atoms in total. The molecule has 94 valence electrons. The molecule has 1 amide bonds. The molecule has 0 aromatic rings. The fourth-order valence-electron chi connectivity index (χ4n) is 1.83. The van der Waals surface area contributed by atoms with E-state index >= 15 is 0 Å². The third-order valence-electron chi connectivity index (χ3n) is 2.70. The maximum Gasteiger partial charge on any atom is 0.407 e. The summed E-state index contributed by atoms with van der Waals surface area (Å²) in [4.78, 5) is 11.4. The highest BCUT2D eigenvalue weighted by Crippen LogP contribution is 2.15. The van der Waals surface area contributed by atoms with Crippen LogP contribution in [0.3, 0.4) is 0 Å². The van der Waals surface area contributed by atoms with Crippen LogP contribution in [0.25, 0.3) is 0 Å². The first-order valence-corrected chi connectivity index (χ1v) is 6.13. The summed E-state index contributed by atoms with van der Waals surface area (Å²) in [6, 6.07) is 0. The number of piperidine rings is 1. The van der Waals surface area contributed by atoms with Crippen molar-refractivity contribution in [2.75, 3.05) is 19.7 Å². The number of hydrogen-bond acceptors (Lipinski definition) is 3. The molecule has 0 aromatic heterocycles. The number of hydrogen-bond donors (Lipinski definition) is 2. The Hall–Kier alpha value is -0.770. The highest BCUT2D eigenvalue weighted by atomic mass is 16.5. The van der Waals surface area contributed by atoms with Crippen molar-refractivity contribution in [1.82, 2.24) is 10.6 Å². The van der Waals surface area contributed by atoms with Gasteiger partial charge in [0.25, 0.3) is 0 Å². The number of ether oxygens (including phenoxy) is 1. The van der Waals surface area contributed by atoms with Gasteiger partial charge in [0.15, 0.2) is 0 Å². The van der Waals surface area contributed by atoms with Crippen LogP contribution in [0.4, 0.5) is 4.79 Å². The van der Waals surface area contributed by atoms with Gasteiger partial charge in [0.05, 0.1) is 6.61 Å². The lowest BCUT2D eigenvalue weighted by Gasteiger charge is -2.23. The molecule has 2 N–H and O–H groups in total. The van der Waals surface area contributed by atoms with Crippen LogP contribution in [-0.4, -0.2) is 31.3 Å². The molecular formula is C12H24N2O2. The molecule has 0 bridgehead atoms. The summed E-state index contributed by atoms with van der Waals surface area (Å²) in [6.07, 6.45) is 3.08. The van der Waals surface area contributed by atoms with Gasteiger partial charge in [-0.1, -0.05) is 0 Å². The summed E-state index contributed by atoms with van der Waals surface area (Å²) in [7, 11) is 0. The van der Waals surface area contributed by atoms with Crippen LogP contribution in [0.15, 0.2) is 0 Å². The molecule has 0 aromatic carbocycles. The lowest BCUT2D eigenvalue weighted by Crippen LogP contribution is -2.41. The molecule has 1 aliphatic rings. The standard InChI is InChI=1S/C12H24N2O2/c1-12(2,3)14-11(15)16-9-6-10-4-7-13-8-5-10/h10,13H,4-9H2,1-3H3,(H,14,15). The van der Waals surface area contributed by atoms with Gasteiger partial charge in [0, 0.05) is 5.54 Å². The lowest BCUT2D eigenvalue weighted by atomic mass is 9.95. The highest BCUT2D eigenvalue weighted by molar-refractivity contribution is 5.67. The number of carbonyl (C=O) groups excluding carboxylic acids is 1. The Morgan fingerprint density at radius 1 is 1.38 bits per heavy atom. The summed E-state index contributed by atoms with van der Waals surface area (Å²) < 4.78 is 5.15. The third kappa shape index (κ3) is 5.95. The molecule has 1 aliphatic heterocycles. The third-order valence-corrected chi connectivity index (χ3v) is 2.70. The SMILES string of the molecule is CC(C)(C)NC(=O)OCCC1CCNCC1. The van der Waals surface area contributed by atoms with Crippen LogP contribution in [0.1, 0.15) is 40.0 Å². The monoisotopic (exact) mass is 228 g/mol. The highest BCUT2D eigenvalue weighted by Gasteiger charge is 2.16. The van der Waals surface area contributed by atoms with Gasteiger partial charge in [0.1, 0.15) is 0 Å². The van der Waals surface area contributed by atoms with Crippen LogP contribution >= 0.6 is 0 Å². The summed E-state index contributed by atoms with van der Waals surface area (Å²) in [5, 5.41) is 6.11. The molecule has 0 radical (unpaired) electrons. The molecule has 1 fully saturated rings. The molecule has 16 heavy (non-hydrogen) atoms. The molecule has 4 heteroatoms. The minimum Gasteiger partial charge on any atom is -0.450 e. The van der Waals surface area contributed by atoms with Crippen molar-refractivity contribution in [2.45, 2.75) is 45.6 Å². The first-order valence-electron chi connectivity index (χ1n) is 6.13. The van der Waals surface area contributed by atoms with Gasteiger partial charge in [0.2, 0.25) is 0 Å². The normalized spacial score (nSPS) is 18.2. The number of rotatable bonds is 3. The Morgan fingerprint density at radius 3 is 2.56 bits per heavy atom. The predicted octanol–water partition coefficient (Wildman–Crippen LogP) is 1.90. The number of carbonyl (C=O) groups is 1. The van der Waals surface area contributed by atoms with E-state index in [0.29, 0.717) is 12.5 Å². The van der Waals surface area contributed by atoms with Gasteiger partial charge in [-0.2, -0.15) is 0 Å². The molecule has 0 saturated carbocycles. The van der Waals surface area contributed by atoms with Crippen molar-refractivity contribution in [3.05, 3.63) is 0 Å². The van der Waals surface area contributed by atoms with E-state index in [2.05, 4.69) is 10.6 Å². The van der Waals surface area contributed by atoms with Crippen LogP contribution in [0, 0.1) is 5.92 Å². The van der Waals surface area contributed by atoms with Gasteiger partial charge in [-0.25, -0.2) is 4.79 Å². The van der Waals surface area contributed by atoms with Crippen LogP contribution in [0.5, 0.6) is 0 Å². The number of alkyl carbamates (subject to hydrolysis) is 1. The number of amides is 1. The van der Waals surface area contributed by atoms with Crippen LogP contribution in [0.2, 0.25) is 0 Å². The van der Waals surface area contributed by atoms with Crippen molar-refractivity contribution in [3.63, 3.8) is 0 Å². The molecule has 1 saturated heterocycles. The first-order chi connectivity index (χ1) is 7.47. The Balaban J connectivity index is 2.08. The minimum atomic E-state index is -0.304. The topological polar surface area (TPSA) is 50.4 Å². The van der Waals surface area contributed by atoms with Crippen molar-refractivity contribution >= 4 is 6.09 Å². The van der Waals surface area contributed by atoms with Crippen molar-refractivity contribution in [3.8, 4) is 0 Å². The molecular weight excluding hydrogens is 204 g/mol. The Bertz CT molecular complexity index is 218. The van der Waals surface area contributed by atoms with Crippen LogP contribution in [-0.2, 0) is 4.74 Å². The van der Waals surface area contributed by atoms with Crippen molar-refractivity contribution in [2.24, 2.45) is 5.92 Å². The quantitative estimate of drug-likeness (QED) is 0.775. The van der Waals surface area contributed by atoms with E-state index in [-0.39, 0.29) is 11.6 Å². The van der Waals surface area contributed by atoms with Gasteiger partial charge in [-0.15, -0.1) is 0 Å². The fourth-order valence-corrected chi connectivity index (χ4v) is 1.83. The zero-order valence-electron chi connectivity index (χ0n) is 10.6. The molecule has 0 unspecified atom stereocenters. The van der Waals surface area contributed by atoms with Crippen molar-refractivity contribution < 1.29 is 9.53 Å². The lowest BCUT2D eigenvalue weighted by molar-refractivity contribution is 0.127. The Morgan fingerprint density at radius 2 is 2.00 bits per heavy atom. The second kappa shape index (κ2) is 6.09.